The molecule has 0 aliphatic rings. The second-order valence-electron chi connectivity index (χ2n) is 5.84. The SMILES string of the molecule is CN=C(NCc1nc(-c2cccc(Cl)c2)no1)NC(C)c1ccccc1Cl.I. The molecule has 148 valence electrons. The summed E-state index contributed by atoms with van der Waals surface area (Å²) in [7, 11) is 1.69. The van der Waals surface area contributed by atoms with Crippen molar-refractivity contribution in [3.05, 3.63) is 70.0 Å². The monoisotopic (exact) mass is 531 g/mol. The Morgan fingerprint density at radius 2 is 1.96 bits per heavy atom. The van der Waals surface area contributed by atoms with Crippen LogP contribution in [0.1, 0.15) is 24.4 Å². The molecule has 0 spiro atoms. The Morgan fingerprint density at radius 1 is 1.18 bits per heavy atom. The molecule has 1 unspecified atom stereocenters. The van der Waals surface area contributed by atoms with Gasteiger partial charge >= 0.3 is 0 Å². The van der Waals surface area contributed by atoms with Crippen molar-refractivity contribution in [3.8, 4) is 11.4 Å². The zero-order valence-corrected chi connectivity index (χ0v) is 19.2. The lowest BCUT2D eigenvalue weighted by molar-refractivity contribution is 0.375. The minimum Gasteiger partial charge on any atom is -0.350 e. The summed E-state index contributed by atoms with van der Waals surface area (Å²) >= 11 is 12.2. The third-order valence-electron chi connectivity index (χ3n) is 3.91. The van der Waals surface area contributed by atoms with Crippen molar-refractivity contribution in [2.75, 3.05) is 7.05 Å². The summed E-state index contributed by atoms with van der Waals surface area (Å²) < 4.78 is 5.29. The second kappa shape index (κ2) is 10.6. The van der Waals surface area contributed by atoms with Crippen LogP contribution in [-0.2, 0) is 6.54 Å². The molecule has 6 nitrogen and oxygen atoms in total. The predicted octanol–water partition coefficient (Wildman–Crippen LogP) is 5.09. The molecule has 0 aliphatic carbocycles. The van der Waals surface area contributed by atoms with Crippen LogP contribution in [0.25, 0.3) is 11.4 Å². The fraction of sp³-hybridized carbons (Fsp3) is 0.211. The Kier molecular flexibility index (Phi) is 8.53. The number of guanidine groups is 1. The van der Waals surface area contributed by atoms with E-state index in [9.17, 15) is 0 Å². The maximum Gasteiger partial charge on any atom is 0.246 e. The van der Waals surface area contributed by atoms with Gasteiger partial charge in [-0.1, -0.05) is 58.7 Å². The highest BCUT2D eigenvalue weighted by molar-refractivity contribution is 14.0. The molecule has 2 N–H and O–H groups in total. The first-order chi connectivity index (χ1) is 13.1. The first-order valence-corrected chi connectivity index (χ1v) is 9.12. The van der Waals surface area contributed by atoms with Crippen molar-refractivity contribution in [3.63, 3.8) is 0 Å². The molecule has 1 atom stereocenters. The number of aromatic nitrogens is 2. The Balaban J connectivity index is 0.00000280. The molecular formula is C19H20Cl2IN5O. The van der Waals surface area contributed by atoms with Crippen LogP contribution < -0.4 is 10.6 Å². The number of halogens is 3. The average molecular weight is 532 g/mol. The average Bonchev–Trinajstić information content (AvgIpc) is 3.14. The molecular weight excluding hydrogens is 512 g/mol. The summed E-state index contributed by atoms with van der Waals surface area (Å²) in [5.74, 6) is 1.53. The molecule has 0 fully saturated rings. The van der Waals surface area contributed by atoms with Crippen molar-refractivity contribution < 1.29 is 4.52 Å². The van der Waals surface area contributed by atoms with Crippen molar-refractivity contribution in [1.82, 2.24) is 20.8 Å². The van der Waals surface area contributed by atoms with Crippen LogP contribution in [0.15, 0.2) is 58.0 Å². The standard InChI is InChI=1S/C19H19Cl2N5O.HI/c1-12(15-8-3-4-9-16(15)21)24-19(22-2)23-11-17-25-18(26-27-17)13-6-5-7-14(20)10-13;/h3-10,12H,11H2,1-2H3,(H2,22,23,24);1H. The molecule has 2 aromatic carbocycles. The molecule has 0 aliphatic heterocycles. The largest absolute Gasteiger partial charge is 0.350 e. The summed E-state index contributed by atoms with van der Waals surface area (Å²) in [6.07, 6.45) is 0. The van der Waals surface area contributed by atoms with Gasteiger partial charge in [0.15, 0.2) is 5.96 Å². The van der Waals surface area contributed by atoms with E-state index < -0.39 is 0 Å². The lowest BCUT2D eigenvalue weighted by atomic mass is 10.1. The van der Waals surface area contributed by atoms with Gasteiger partial charge in [-0.25, -0.2) is 0 Å². The van der Waals surface area contributed by atoms with Crippen molar-refractivity contribution in [2.45, 2.75) is 19.5 Å². The highest BCUT2D eigenvalue weighted by Gasteiger charge is 2.13. The lowest BCUT2D eigenvalue weighted by Gasteiger charge is -2.18. The fourth-order valence-corrected chi connectivity index (χ4v) is 3.02. The number of nitrogens with zero attached hydrogens (tertiary/aromatic N) is 3. The van der Waals surface area contributed by atoms with Gasteiger partial charge in [0.25, 0.3) is 0 Å². The summed E-state index contributed by atoms with van der Waals surface area (Å²) in [6.45, 7) is 2.35. The first-order valence-electron chi connectivity index (χ1n) is 8.37. The van der Waals surface area contributed by atoms with Gasteiger partial charge in [0, 0.05) is 22.7 Å². The number of nitrogens with one attached hydrogen (secondary N) is 2. The predicted molar refractivity (Wildman–Crippen MR) is 123 cm³/mol. The Morgan fingerprint density at radius 3 is 2.68 bits per heavy atom. The van der Waals surface area contributed by atoms with Crippen molar-refractivity contribution in [1.29, 1.82) is 0 Å². The smallest absolute Gasteiger partial charge is 0.246 e. The Labute approximate surface area is 190 Å². The van der Waals surface area contributed by atoms with E-state index in [0.29, 0.717) is 34.3 Å². The van der Waals surface area contributed by atoms with E-state index >= 15 is 0 Å². The maximum absolute atomic E-state index is 6.25. The Bertz CT molecular complexity index is 947. The molecule has 9 heteroatoms. The van der Waals surface area contributed by atoms with Crippen LogP contribution in [0, 0.1) is 0 Å². The highest BCUT2D eigenvalue weighted by Crippen LogP contribution is 2.22. The zero-order valence-electron chi connectivity index (χ0n) is 15.3. The normalized spacial score (nSPS) is 12.2. The van der Waals surface area contributed by atoms with Crippen LogP contribution in [0.4, 0.5) is 0 Å². The highest BCUT2D eigenvalue weighted by atomic mass is 127. The van der Waals surface area contributed by atoms with Crippen LogP contribution >= 0.6 is 47.2 Å². The summed E-state index contributed by atoms with van der Waals surface area (Å²) in [5.41, 5.74) is 1.79. The first kappa shape index (κ1) is 22.4. The quantitative estimate of drug-likeness (QED) is 0.272. The molecule has 1 heterocycles. The fourth-order valence-electron chi connectivity index (χ4n) is 2.53. The van der Waals surface area contributed by atoms with Crippen LogP contribution in [0.3, 0.4) is 0 Å². The lowest BCUT2D eigenvalue weighted by Crippen LogP contribution is -2.38. The number of hydrogen-bond acceptors (Lipinski definition) is 4. The number of aliphatic imine (C=N–C) groups is 1. The van der Waals surface area contributed by atoms with E-state index in [4.69, 9.17) is 27.7 Å². The van der Waals surface area contributed by atoms with Gasteiger partial charge in [0.2, 0.25) is 11.7 Å². The third-order valence-corrected chi connectivity index (χ3v) is 4.49. The number of hydrogen-bond donors (Lipinski definition) is 2. The molecule has 0 bridgehead atoms. The zero-order chi connectivity index (χ0) is 19.2. The van der Waals surface area contributed by atoms with Gasteiger partial charge in [-0.05, 0) is 30.7 Å². The van der Waals surface area contributed by atoms with Gasteiger partial charge in [-0.15, -0.1) is 24.0 Å². The van der Waals surface area contributed by atoms with Crippen molar-refractivity contribution in [2.24, 2.45) is 4.99 Å². The van der Waals surface area contributed by atoms with Gasteiger partial charge in [0.05, 0.1) is 12.6 Å². The molecule has 1 aromatic heterocycles. The second-order valence-corrected chi connectivity index (χ2v) is 6.68. The van der Waals surface area contributed by atoms with Crippen molar-refractivity contribution >= 4 is 53.1 Å². The topological polar surface area (TPSA) is 75.3 Å². The van der Waals surface area contributed by atoms with Crippen LogP contribution in [0.5, 0.6) is 0 Å². The molecule has 0 radical (unpaired) electrons. The maximum atomic E-state index is 6.25. The minimum atomic E-state index is -0.0189. The number of benzene rings is 2. The van der Waals surface area contributed by atoms with E-state index in [1.165, 1.54) is 0 Å². The third kappa shape index (κ3) is 5.83. The Hall–Kier alpha value is -1.84. The molecule has 0 saturated carbocycles. The van der Waals surface area contributed by atoms with Gasteiger partial charge in [-0.3, -0.25) is 4.99 Å². The van der Waals surface area contributed by atoms with Gasteiger partial charge in [0.1, 0.15) is 0 Å². The van der Waals surface area contributed by atoms with E-state index in [1.807, 2.05) is 43.3 Å². The van der Waals surface area contributed by atoms with E-state index in [1.54, 1.807) is 19.2 Å². The van der Waals surface area contributed by atoms with Gasteiger partial charge < -0.3 is 15.2 Å². The molecule has 0 saturated heterocycles. The van der Waals surface area contributed by atoms with E-state index in [-0.39, 0.29) is 30.0 Å². The summed E-state index contributed by atoms with van der Waals surface area (Å²) in [6, 6.07) is 15.0. The molecule has 0 amide bonds. The molecule has 28 heavy (non-hydrogen) atoms. The van der Waals surface area contributed by atoms with Crippen LogP contribution in [0.2, 0.25) is 10.0 Å². The molecule has 3 rings (SSSR count). The number of rotatable bonds is 5. The van der Waals surface area contributed by atoms with E-state index in [0.717, 1.165) is 11.1 Å². The molecule has 3 aromatic rings. The van der Waals surface area contributed by atoms with E-state index in [2.05, 4.69) is 25.8 Å². The summed E-state index contributed by atoms with van der Waals surface area (Å²) in [4.78, 5) is 8.60. The van der Waals surface area contributed by atoms with Gasteiger partial charge in [-0.2, -0.15) is 4.98 Å². The summed E-state index contributed by atoms with van der Waals surface area (Å²) in [5, 5.41) is 11.8. The minimum absolute atomic E-state index is 0. The van der Waals surface area contributed by atoms with Crippen LogP contribution in [-0.4, -0.2) is 23.1 Å².